The van der Waals surface area contributed by atoms with Crippen LogP contribution < -0.4 is 21.2 Å². The van der Waals surface area contributed by atoms with Crippen molar-refractivity contribution in [3.05, 3.63) is 132 Å². The van der Waals surface area contributed by atoms with Gasteiger partial charge in [0.2, 0.25) is 0 Å². The standard InChI is InChI=1S/C31H28P2/c1-5-13-26(14-6-1)32(27-15-7-2-8-16-27)30-24-21-22-25(23-24)31(30)33(28-17-9-3-10-18-28)29-19-11-4-12-20-29/h1-20,24-25H,21-23H2/t24-,25+. The molecule has 162 valence electrons. The summed E-state index contributed by atoms with van der Waals surface area (Å²) in [5, 5.41) is 9.56. The van der Waals surface area contributed by atoms with Crippen LogP contribution in [0.25, 0.3) is 0 Å². The summed E-state index contributed by atoms with van der Waals surface area (Å²) in [6, 6.07) is 45.3. The average molecular weight is 463 g/mol. The minimum atomic E-state index is -0.523. The molecule has 2 aliphatic rings. The van der Waals surface area contributed by atoms with E-state index in [4.69, 9.17) is 0 Å². The Labute approximate surface area is 199 Å². The predicted octanol–water partition coefficient (Wildman–Crippen LogP) is 6.89. The Morgan fingerprint density at radius 1 is 0.394 bits per heavy atom. The van der Waals surface area contributed by atoms with Crippen LogP contribution in [0.4, 0.5) is 0 Å². The average Bonchev–Trinajstić information content (AvgIpc) is 3.50. The van der Waals surface area contributed by atoms with Crippen LogP contribution in [0.15, 0.2) is 132 Å². The van der Waals surface area contributed by atoms with Gasteiger partial charge in [0.05, 0.1) is 0 Å². The van der Waals surface area contributed by atoms with Crippen molar-refractivity contribution in [3.8, 4) is 0 Å². The van der Waals surface area contributed by atoms with Crippen molar-refractivity contribution in [2.45, 2.75) is 19.3 Å². The molecule has 2 atom stereocenters. The number of fused-ring (bicyclic) bond motifs is 2. The smallest absolute Gasteiger partial charge is 0.0142 e. The molecule has 33 heavy (non-hydrogen) atoms. The Balaban J connectivity index is 1.61. The van der Waals surface area contributed by atoms with E-state index < -0.39 is 15.8 Å². The second kappa shape index (κ2) is 9.38. The van der Waals surface area contributed by atoms with Crippen molar-refractivity contribution < 1.29 is 0 Å². The normalized spacial score (nSPS) is 19.6. The summed E-state index contributed by atoms with van der Waals surface area (Å²) in [4.78, 5) is 0. The van der Waals surface area contributed by atoms with Gasteiger partial charge >= 0.3 is 0 Å². The molecule has 0 heterocycles. The minimum Gasteiger partial charge on any atom is -0.0622 e. The molecule has 0 radical (unpaired) electrons. The van der Waals surface area contributed by atoms with E-state index in [0.717, 1.165) is 11.8 Å². The van der Waals surface area contributed by atoms with E-state index >= 15 is 0 Å². The third-order valence-corrected chi connectivity index (χ3v) is 12.6. The van der Waals surface area contributed by atoms with Gasteiger partial charge in [-0.25, -0.2) is 0 Å². The summed E-state index contributed by atoms with van der Waals surface area (Å²) in [7, 11) is -1.05. The molecular formula is C31H28P2. The molecule has 6 rings (SSSR count). The fourth-order valence-electron chi connectivity index (χ4n) is 5.65. The maximum absolute atomic E-state index is 2.36. The van der Waals surface area contributed by atoms with E-state index in [9.17, 15) is 0 Å². The van der Waals surface area contributed by atoms with Gasteiger partial charge in [-0.2, -0.15) is 0 Å². The lowest BCUT2D eigenvalue weighted by atomic mass is 10.1. The van der Waals surface area contributed by atoms with Crippen LogP contribution in [0.2, 0.25) is 0 Å². The number of hydrogen-bond donors (Lipinski definition) is 0. The summed E-state index contributed by atoms with van der Waals surface area (Å²) < 4.78 is 0. The monoisotopic (exact) mass is 462 g/mol. The second-order valence-electron chi connectivity index (χ2n) is 8.99. The lowest BCUT2D eigenvalue weighted by Gasteiger charge is -2.33. The SMILES string of the molecule is c1ccc(P(C2=C(P(c3ccccc3)c3ccccc3)[C@H]3CC[C@@H]2C3)c2ccccc2)cc1. The molecule has 2 bridgehead atoms. The van der Waals surface area contributed by atoms with E-state index in [1.165, 1.54) is 40.5 Å². The van der Waals surface area contributed by atoms with Gasteiger partial charge in [-0.15, -0.1) is 0 Å². The van der Waals surface area contributed by atoms with Gasteiger partial charge < -0.3 is 0 Å². The van der Waals surface area contributed by atoms with E-state index in [-0.39, 0.29) is 0 Å². The minimum absolute atomic E-state index is 0.523. The summed E-state index contributed by atoms with van der Waals surface area (Å²) in [6.07, 6.45) is 4.06. The fraction of sp³-hybridized carbons (Fsp3) is 0.161. The first-order chi connectivity index (χ1) is 16.4. The van der Waals surface area contributed by atoms with Gasteiger partial charge in [0.15, 0.2) is 0 Å². The zero-order valence-electron chi connectivity index (χ0n) is 18.7. The molecule has 0 spiro atoms. The lowest BCUT2D eigenvalue weighted by molar-refractivity contribution is 0.683. The molecule has 2 heteroatoms. The van der Waals surface area contributed by atoms with Crippen LogP contribution in [0.5, 0.6) is 0 Å². The molecule has 4 aromatic rings. The lowest BCUT2D eigenvalue weighted by Crippen LogP contribution is -2.20. The molecule has 0 aromatic heterocycles. The number of allylic oxidation sites excluding steroid dienone is 2. The molecule has 0 nitrogen and oxygen atoms in total. The van der Waals surface area contributed by atoms with Gasteiger partial charge in [0.25, 0.3) is 0 Å². The van der Waals surface area contributed by atoms with Crippen molar-refractivity contribution in [2.24, 2.45) is 11.8 Å². The topological polar surface area (TPSA) is 0 Å². The first-order valence-electron chi connectivity index (χ1n) is 11.9. The zero-order valence-corrected chi connectivity index (χ0v) is 20.5. The van der Waals surface area contributed by atoms with Gasteiger partial charge in [-0.3, -0.25) is 0 Å². The summed E-state index contributed by atoms with van der Waals surface area (Å²) in [5.41, 5.74) is 0. The van der Waals surface area contributed by atoms with E-state index in [2.05, 4.69) is 121 Å². The van der Waals surface area contributed by atoms with Crippen molar-refractivity contribution in [1.82, 2.24) is 0 Å². The van der Waals surface area contributed by atoms with Gasteiger partial charge in [0.1, 0.15) is 0 Å². The highest BCUT2D eigenvalue weighted by Crippen LogP contribution is 2.67. The second-order valence-corrected chi connectivity index (χ2v) is 13.4. The molecule has 1 fully saturated rings. The molecule has 1 saturated carbocycles. The first-order valence-corrected chi connectivity index (χ1v) is 14.6. The molecule has 2 aliphatic carbocycles. The molecule has 0 unspecified atom stereocenters. The Kier molecular flexibility index (Phi) is 5.98. The van der Waals surface area contributed by atoms with Crippen molar-refractivity contribution in [3.63, 3.8) is 0 Å². The van der Waals surface area contributed by atoms with Gasteiger partial charge in [0, 0.05) is 0 Å². The Morgan fingerprint density at radius 2 is 0.667 bits per heavy atom. The van der Waals surface area contributed by atoms with Crippen molar-refractivity contribution in [1.29, 1.82) is 0 Å². The third-order valence-electron chi connectivity index (χ3n) is 7.01. The largest absolute Gasteiger partial charge is 0.0622 e. The number of rotatable bonds is 6. The van der Waals surface area contributed by atoms with Crippen LogP contribution in [-0.2, 0) is 0 Å². The van der Waals surface area contributed by atoms with Crippen LogP contribution in [0, 0.1) is 11.8 Å². The maximum Gasteiger partial charge on any atom is -0.0142 e. The van der Waals surface area contributed by atoms with Gasteiger partial charge in [-0.1, -0.05) is 121 Å². The van der Waals surface area contributed by atoms with Crippen LogP contribution >= 0.6 is 15.8 Å². The Bertz CT molecular complexity index is 1060. The van der Waals surface area contributed by atoms with E-state index in [1.807, 2.05) is 0 Å². The molecule has 0 saturated heterocycles. The van der Waals surface area contributed by atoms with Crippen LogP contribution in [0.1, 0.15) is 19.3 Å². The third kappa shape index (κ3) is 4.01. The Hall–Kier alpha value is -2.52. The molecule has 4 aromatic carbocycles. The quantitative estimate of drug-likeness (QED) is 0.274. The van der Waals surface area contributed by atoms with Crippen molar-refractivity contribution >= 4 is 37.1 Å². The highest BCUT2D eigenvalue weighted by atomic mass is 31.1. The van der Waals surface area contributed by atoms with Gasteiger partial charge in [-0.05, 0) is 78.8 Å². The molecule has 0 amide bonds. The van der Waals surface area contributed by atoms with Crippen molar-refractivity contribution in [2.75, 3.05) is 0 Å². The molecule has 0 N–H and O–H groups in total. The Morgan fingerprint density at radius 3 is 0.939 bits per heavy atom. The fourth-order valence-corrected chi connectivity index (χ4v) is 11.9. The number of hydrogen-bond acceptors (Lipinski definition) is 0. The first kappa shape index (κ1) is 21.0. The predicted molar refractivity (Wildman–Crippen MR) is 146 cm³/mol. The summed E-state index contributed by atoms with van der Waals surface area (Å²) in [5.74, 6) is 1.46. The zero-order chi connectivity index (χ0) is 22.0. The summed E-state index contributed by atoms with van der Waals surface area (Å²) >= 11 is 0. The molecule has 0 aliphatic heterocycles. The van der Waals surface area contributed by atoms with Crippen LogP contribution in [0.3, 0.4) is 0 Å². The van der Waals surface area contributed by atoms with E-state index in [1.54, 1.807) is 10.6 Å². The highest BCUT2D eigenvalue weighted by molar-refractivity contribution is 7.80. The van der Waals surface area contributed by atoms with E-state index in [0.29, 0.717) is 0 Å². The van der Waals surface area contributed by atoms with Crippen LogP contribution in [-0.4, -0.2) is 0 Å². The summed E-state index contributed by atoms with van der Waals surface area (Å²) in [6.45, 7) is 0. The number of benzene rings is 4. The highest BCUT2D eigenvalue weighted by Gasteiger charge is 2.45. The molecular weight excluding hydrogens is 434 g/mol. The maximum atomic E-state index is 2.36.